The van der Waals surface area contributed by atoms with Crippen LogP contribution in [0.15, 0.2) is 54.6 Å². The van der Waals surface area contributed by atoms with Crippen molar-refractivity contribution >= 4 is 16.6 Å². The van der Waals surface area contributed by atoms with Gasteiger partial charge in [0.15, 0.2) is 11.5 Å². The quantitative estimate of drug-likeness (QED) is 0.297. The lowest BCUT2D eigenvalue weighted by molar-refractivity contribution is 0.0747. The molecule has 3 aromatic heterocycles. The Kier molecular flexibility index (Phi) is 6.69. The fourth-order valence-corrected chi connectivity index (χ4v) is 5.38. The first-order valence-electron chi connectivity index (χ1n) is 13.3. The van der Waals surface area contributed by atoms with E-state index in [0.29, 0.717) is 18.7 Å². The Morgan fingerprint density at radius 2 is 1.87 bits per heavy atom. The number of ether oxygens (including phenoxy) is 2. The van der Waals surface area contributed by atoms with Crippen molar-refractivity contribution in [3.05, 3.63) is 71.5 Å². The lowest BCUT2D eigenvalue weighted by Gasteiger charge is -2.41. The molecule has 2 unspecified atom stereocenters. The molecule has 6 rings (SSSR count). The molecule has 5 aromatic rings. The van der Waals surface area contributed by atoms with E-state index in [0.717, 1.165) is 47.5 Å². The van der Waals surface area contributed by atoms with Crippen LogP contribution in [0.25, 0.3) is 16.6 Å². The van der Waals surface area contributed by atoms with Crippen LogP contribution in [-0.4, -0.2) is 70.5 Å². The van der Waals surface area contributed by atoms with Gasteiger partial charge in [-0.3, -0.25) is 4.90 Å². The highest BCUT2D eigenvalue weighted by Crippen LogP contribution is 2.38. The predicted octanol–water partition coefficient (Wildman–Crippen LogP) is 3.84. The predicted molar refractivity (Wildman–Crippen MR) is 145 cm³/mol. The molecule has 1 aliphatic heterocycles. The molecule has 0 bridgehead atoms. The van der Waals surface area contributed by atoms with Crippen LogP contribution >= 0.6 is 0 Å². The third-order valence-electron chi connectivity index (χ3n) is 7.37. The fourth-order valence-electron chi connectivity index (χ4n) is 5.38. The molecule has 0 radical (unpaired) electrons. The average molecular weight is 528 g/mol. The Bertz CT molecular complexity index is 1570. The molecule has 202 valence electrons. The molecule has 0 N–H and O–H groups in total. The summed E-state index contributed by atoms with van der Waals surface area (Å²) in [6.45, 7) is 8.67. The van der Waals surface area contributed by atoms with Crippen molar-refractivity contribution in [1.82, 2.24) is 45.1 Å². The third-order valence-corrected chi connectivity index (χ3v) is 7.37. The summed E-state index contributed by atoms with van der Waals surface area (Å²) in [4.78, 5) is 2.42. The second-order valence-corrected chi connectivity index (χ2v) is 11.0. The molecule has 11 nitrogen and oxygen atoms in total. The maximum absolute atomic E-state index is 5.95. The lowest BCUT2D eigenvalue weighted by Crippen LogP contribution is -2.45. The number of pyridine rings is 1. The lowest BCUT2D eigenvalue weighted by atomic mass is 9.95. The molecule has 1 aliphatic rings. The smallest absolute Gasteiger partial charge is 0.185 e. The van der Waals surface area contributed by atoms with Gasteiger partial charge in [-0.25, -0.2) is 4.68 Å². The molecule has 1 saturated heterocycles. The maximum Gasteiger partial charge on any atom is 0.185 e. The highest BCUT2D eigenvalue weighted by molar-refractivity contribution is 5.84. The fraction of sp³-hybridized carbons (Fsp3) is 0.429. The van der Waals surface area contributed by atoms with Gasteiger partial charge in [-0.05, 0) is 78.2 Å². The van der Waals surface area contributed by atoms with Crippen LogP contribution in [0.1, 0.15) is 56.6 Å². The second kappa shape index (κ2) is 10.3. The van der Waals surface area contributed by atoms with Gasteiger partial charge in [0.25, 0.3) is 0 Å². The highest BCUT2D eigenvalue weighted by atomic mass is 16.5. The van der Waals surface area contributed by atoms with Crippen molar-refractivity contribution in [2.45, 2.75) is 64.4 Å². The first-order chi connectivity index (χ1) is 18.9. The van der Waals surface area contributed by atoms with Crippen molar-refractivity contribution < 1.29 is 9.47 Å². The van der Waals surface area contributed by atoms with E-state index < -0.39 is 0 Å². The van der Waals surface area contributed by atoms with Crippen molar-refractivity contribution in [2.75, 3.05) is 13.7 Å². The molecule has 2 atom stereocenters. The van der Waals surface area contributed by atoms with E-state index in [4.69, 9.17) is 9.47 Å². The van der Waals surface area contributed by atoms with Gasteiger partial charge in [0.05, 0.1) is 25.3 Å². The van der Waals surface area contributed by atoms with E-state index >= 15 is 0 Å². The van der Waals surface area contributed by atoms with Gasteiger partial charge in [0, 0.05) is 35.7 Å². The van der Waals surface area contributed by atoms with Crippen molar-refractivity contribution in [3.63, 3.8) is 0 Å². The summed E-state index contributed by atoms with van der Waals surface area (Å²) < 4.78 is 15.1. The Hall–Kier alpha value is -3.96. The van der Waals surface area contributed by atoms with E-state index in [-0.39, 0.29) is 17.7 Å². The minimum atomic E-state index is -0.346. The molecule has 11 heteroatoms. The molecule has 2 aromatic carbocycles. The van der Waals surface area contributed by atoms with Crippen LogP contribution in [-0.2, 0) is 17.8 Å². The Morgan fingerprint density at radius 1 is 1.05 bits per heavy atom. The van der Waals surface area contributed by atoms with Crippen LogP contribution in [0.5, 0.6) is 5.75 Å². The zero-order valence-corrected chi connectivity index (χ0v) is 22.7. The Morgan fingerprint density at radius 3 is 2.62 bits per heavy atom. The summed E-state index contributed by atoms with van der Waals surface area (Å²) in [6, 6.07) is 18.2. The first kappa shape index (κ1) is 25.3. The Balaban J connectivity index is 1.57. The average Bonchev–Trinajstić information content (AvgIpc) is 3.71. The first-order valence-corrected chi connectivity index (χ1v) is 13.3. The van der Waals surface area contributed by atoms with E-state index in [2.05, 4.69) is 87.1 Å². The molecular formula is C28H33N9O2. The van der Waals surface area contributed by atoms with Crippen LogP contribution in [0.2, 0.25) is 0 Å². The molecule has 0 aliphatic carbocycles. The number of benzene rings is 2. The van der Waals surface area contributed by atoms with Crippen LogP contribution < -0.4 is 4.74 Å². The molecule has 1 fully saturated rings. The third kappa shape index (κ3) is 4.95. The highest BCUT2D eigenvalue weighted by Gasteiger charge is 2.37. The van der Waals surface area contributed by atoms with Gasteiger partial charge < -0.3 is 9.47 Å². The summed E-state index contributed by atoms with van der Waals surface area (Å²) in [6.07, 6.45) is 2.13. The zero-order chi connectivity index (χ0) is 27.0. The SMILES string of the molecule is COc1ccc2cc(C(c3nnnn3CC3CCCO3)N(Cc3ccccc3)C(C)(C)C)c3nnnn3c2c1. The van der Waals surface area contributed by atoms with Crippen molar-refractivity contribution in [2.24, 2.45) is 0 Å². The van der Waals surface area contributed by atoms with Gasteiger partial charge in [-0.1, -0.05) is 30.3 Å². The van der Waals surface area contributed by atoms with Crippen LogP contribution in [0.3, 0.4) is 0 Å². The maximum atomic E-state index is 5.95. The molecule has 39 heavy (non-hydrogen) atoms. The minimum absolute atomic E-state index is 0.0870. The van der Waals surface area contributed by atoms with Crippen LogP contribution in [0, 0.1) is 0 Å². The van der Waals surface area contributed by atoms with E-state index in [9.17, 15) is 0 Å². The number of aromatic nitrogens is 8. The van der Waals surface area contributed by atoms with E-state index in [1.165, 1.54) is 5.56 Å². The second-order valence-electron chi connectivity index (χ2n) is 11.0. The summed E-state index contributed by atoms with van der Waals surface area (Å²) >= 11 is 0. The summed E-state index contributed by atoms with van der Waals surface area (Å²) in [5, 5.41) is 27.1. The number of methoxy groups -OCH3 is 1. The van der Waals surface area contributed by atoms with Gasteiger partial charge in [-0.15, -0.1) is 10.2 Å². The topological polar surface area (TPSA) is 108 Å². The number of rotatable bonds is 8. The molecular weight excluding hydrogens is 494 g/mol. The van der Waals surface area contributed by atoms with Gasteiger partial charge in [-0.2, -0.15) is 4.52 Å². The number of tetrazole rings is 2. The van der Waals surface area contributed by atoms with Gasteiger partial charge in [0.1, 0.15) is 11.8 Å². The number of hydrogen-bond acceptors (Lipinski definition) is 9. The molecule has 0 spiro atoms. The molecule has 0 saturated carbocycles. The van der Waals surface area contributed by atoms with Gasteiger partial charge in [0.2, 0.25) is 0 Å². The normalized spacial score (nSPS) is 16.9. The van der Waals surface area contributed by atoms with E-state index in [1.54, 1.807) is 11.6 Å². The van der Waals surface area contributed by atoms with Crippen molar-refractivity contribution in [3.8, 4) is 5.75 Å². The van der Waals surface area contributed by atoms with E-state index in [1.807, 2.05) is 28.9 Å². The summed E-state index contributed by atoms with van der Waals surface area (Å²) in [7, 11) is 1.65. The number of nitrogens with zero attached hydrogens (tertiary/aromatic N) is 9. The van der Waals surface area contributed by atoms with Gasteiger partial charge >= 0.3 is 0 Å². The number of fused-ring (bicyclic) bond motifs is 3. The molecule has 0 amide bonds. The minimum Gasteiger partial charge on any atom is -0.497 e. The standard InChI is InChI=1S/C28H33N9O2/c1-28(2,3)35(17-19-9-6-5-7-10-19)25(27-30-31-33-36(27)18-22-11-8-14-39-22)23-15-20-12-13-21(38-4)16-24(20)37-26(23)29-32-34-37/h5-7,9-10,12-13,15-16,22,25H,8,11,14,17-18H2,1-4H3. The zero-order valence-electron chi connectivity index (χ0n) is 22.7. The van der Waals surface area contributed by atoms with Crippen LogP contribution in [0.4, 0.5) is 0 Å². The summed E-state index contributed by atoms with van der Waals surface area (Å²) in [5.74, 6) is 1.47. The van der Waals surface area contributed by atoms with Crippen molar-refractivity contribution in [1.29, 1.82) is 0 Å². The Labute approximate surface area is 226 Å². The monoisotopic (exact) mass is 527 g/mol. The molecule has 4 heterocycles. The number of hydrogen-bond donors (Lipinski definition) is 0. The largest absolute Gasteiger partial charge is 0.497 e. The summed E-state index contributed by atoms with van der Waals surface area (Å²) in [5.41, 5.74) is 3.36.